The van der Waals surface area contributed by atoms with Gasteiger partial charge in [-0.15, -0.1) is 11.3 Å². The van der Waals surface area contributed by atoms with Crippen LogP contribution in [0.2, 0.25) is 0 Å². The van der Waals surface area contributed by atoms with E-state index in [9.17, 15) is 35.9 Å². The summed E-state index contributed by atoms with van der Waals surface area (Å²) in [6.07, 6.45) is -8.43. The van der Waals surface area contributed by atoms with Crippen molar-refractivity contribution in [2.45, 2.75) is 12.4 Å². The van der Waals surface area contributed by atoms with Crippen LogP contribution >= 0.6 is 35.3 Å². The van der Waals surface area contributed by atoms with Gasteiger partial charge >= 0.3 is 18.3 Å². The number of alkyl halides is 6. The standard InChI is InChI=1S/C25H16F6N2O3S3/c26-24(27,28)16-7-14(8-17(10-16)25(29,30)31)15-9-19(38-12-15)11-20-21(34)33(23(37)39-20)6-5-32-18-3-1-13(2-4-18)22(35)36/h1-4,7-12,32H,5-6H2,(H,35,36)/b20-11-. The van der Waals surface area contributed by atoms with E-state index in [4.69, 9.17) is 17.3 Å². The molecule has 3 aromatic rings. The van der Waals surface area contributed by atoms with E-state index in [0.29, 0.717) is 33.6 Å². The molecule has 1 aliphatic heterocycles. The van der Waals surface area contributed by atoms with Crippen molar-refractivity contribution >= 4 is 63.3 Å². The molecule has 0 spiro atoms. The predicted molar refractivity (Wildman–Crippen MR) is 142 cm³/mol. The first-order valence-corrected chi connectivity index (χ1v) is 13.0. The van der Waals surface area contributed by atoms with Crippen LogP contribution in [0.4, 0.5) is 32.0 Å². The topological polar surface area (TPSA) is 69.6 Å². The minimum absolute atomic E-state index is 0.0715. The minimum Gasteiger partial charge on any atom is -0.478 e. The normalized spacial score (nSPS) is 15.3. The quantitative estimate of drug-likeness (QED) is 0.166. The van der Waals surface area contributed by atoms with E-state index in [1.807, 2.05) is 0 Å². The molecule has 0 bridgehead atoms. The van der Waals surface area contributed by atoms with Crippen LogP contribution in [0.5, 0.6) is 0 Å². The number of thioether (sulfide) groups is 1. The Hall–Kier alpha value is -3.36. The largest absolute Gasteiger partial charge is 0.478 e. The van der Waals surface area contributed by atoms with Crippen LogP contribution < -0.4 is 5.32 Å². The molecule has 0 aliphatic carbocycles. The summed E-state index contributed by atoms with van der Waals surface area (Å²) in [4.78, 5) is 25.9. The number of carbonyl (C=O) groups is 2. The number of amides is 1. The fourth-order valence-electron chi connectivity index (χ4n) is 3.57. The van der Waals surface area contributed by atoms with Gasteiger partial charge in [0, 0.05) is 23.7 Å². The Morgan fingerprint density at radius 2 is 1.59 bits per heavy atom. The maximum atomic E-state index is 13.2. The van der Waals surface area contributed by atoms with Gasteiger partial charge in [-0.25, -0.2) is 4.79 Å². The zero-order chi connectivity index (χ0) is 28.5. The summed E-state index contributed by atoms with van der Waals surface area (Å²) in [6.45, 7) is 0.523. The Morgan fingerprint density at radius 1 is 0.974 bits per heavy atom. The molecule has 2 N–H and O–H groups in total. The molecule has 39 heavy (non-hydrogen) atoms. The average Bonchev–Trinajstić information content (AvgIpc) is 3.43. The van der Waals surface area contributed by atoms with Gasteiger partial charge in [0.15, 0.2) is 0 Å². The number of aromatic carboxylic acids is 1. The lowest BCUT2D eigenvalue weighted by atomic mass is 10.0. The number of carbonyl (C=O) groups excluding carboxylic acids is 1. The smallest absolute Gasteiger partial charge is 0.416 e. The van der Waals surface area contributed by atoms with Crippen LogP contribution in [0.3, 0.4) is 0 Å². The predicted octanol–water partition coefficient (Wildman–Crippen LogP) is 7.46. The number of nitrogens with zero attached hydrogens (tertiary/aromatic N) is 1. The molecule has 0 saturated carbocycles. The summed E-state index contributed by atoms with van der Waals surface area (Å²) in [5, 5.41) is 13.4. The molecule has 14 heteroatoms. The van der Waals surface area contributed by atoms with E-state index in [1.165, 1.54) is 34.6 Å². The fourth-order valence-corrected chi connectivity index (χ4v) is 5.79. The van der Waals surface area contributed by atoms with E-state index >= 15 is 0 Å². The van der Waals surface area contributed by atoms with Gasteiger partial charge in [-0.2, -0.15) is 26.3 Å². The first kappa shape index (κ1) is 28.6. The second-order valence-electron chi connectivity index (χ2n) is 8.17. The van der Waals surface area contributed by atoms with Gasteiger partial charge in [0.05, 0.1) is 21.6 Å². The third-order valence-electron chi connectivity index (χ3n) is 5.48. The van der Waals surface area contributed by atoms with Gasteiger partial charge in [0.2, 0.25) is 0 Å². The molecule has 5 nitrogen and oxygen atoms in total. The third kappa shape index (κ3) is 6.81. The van der Waals surface area contributed by atoms with Crippen molar-refractivity contribution in [1.29, 1.82) is 0 Å². The van der Waals surface area contributed by atoms with Crippen LogP contribution in [0.25, 0.3) is 17.2 Å². The van der Waals surface area contributed by atoms with E-state index in [2.05, 4.69) is 5.32 Å². The first-order chi connectivity index (χ1) is 18.2. The summed E-state index contributed by atoms with van der Waals surface area (Å²) in [5.74, 6) is -1.44. The molecule has 4 rings (SSSR count). The van der Waals surface area contributed by atoms with E-state index < -0.39 is 29.4 Å². The number of benzene rings is 2. The Morgan fingerprint density at radius 3 is 2.15 bits per heavy atom. The Balaban J connectivity index is 1.47. The number of carboxylic acid groups (broad SMARTS) is 1. The van der Waals surface area contributed by atoms with Gasteiger partial charge in [0.1, 0.15) is 4.32 Å². The molecule has 1 fully saturated rings. The summed E-state index contributed by atoms with van der Waals surface area (Å²) >= 11 is 7.38. The molecule has 0 atom stereocenters. The van der Waals surface area contributed by atoms with Crippen molar-refractivity contribution in [3.63, 3.8) is 0 Å². The highest BCUT2D eigenvalue weighted by atomic mass is 32.2. The molecule has 2 aromatic carbocycles. The molecule has 0 radical (unpaired) electrons. The molecular weight excluding hydrogens is 586 g/mol. The van der Waals surface area contributed by atoms with Crippen LogP contribution in [-0.4, -0.2) is 39.3 Å². The second kappa shape index (κ2) is 11.0. The minimum atomic E-state index is -4.96. The molecule has 1 aliphatic rings. The molecule has 1 saturated heterocycles. The molecular formula is C25H16F6N2O3S3. The van der Waals surface area contributed by atoms with Gasteiger partial charge in [-0.1, -0.05) is 24.0 Å². The van der Waals surface area contributed by atoms with Crippen molar-refractivity contribution in [3.8, 4) is 11.1 Å². The average molecular weight is 603 g/mol. The number of rotatable bonds is 7. The molecule has 204 valence electrons. The van der Waals surface area contributed by atoms with Crippen molar-refractivity contribution in [2.75, 3.05) is 18.4 Å². The number of nitrogens with one attached hydrogen (secondary N) is 1. The summed E-state index contributed by atoms with van der Waals surface area (Å²) in [5.41, 5.74) is -2.14. The van der Waals surface area contributed by atoms with Gasteiger partial charge in [-0.3, -0.25) is 9.69 Å². The number of carboxylic acids is 1. The summed E-state index contributed by atoms with van der Waals surface area (Å²) in [7, 11) is 0. The van der Waals surface area contributed by atoms with Crippen LogP contribution in [-0.2, 0) is 17.1 Å². The Labute approximate surface area is 231 Å². The van der Waals surface area contributed by atoms with Crippen LogP contribution in [0, 0.1) is 0 Å². The molecule has 1 amide bonds. The summed E-state index contributed by atoms with van der Waals surface area (Å²) in [6, 6.07) is 8.84. The lowest BCUT2D eigenvalue weighted by Gasteiger charge is -2.15. The van der Waals surface area contributed by atoms with E-state index in [1.54, 1.807) is 12.1 Å². The highest BCUT2D eigenvalue weighted by Gasteiger charge is 2.37. The lowest BCUT2D eigenvalue weighted by molar-refractivity contribution is -0.143. The number of anilines is 1. The highest BCUT2D eigenvalue weighted by molar-refractivity contribution is 8.26. The Bertz CT molecular complexity index is 1430. The van der Waals surface area contributed by atoms with Gasteiger partial charge in [0.25, 0.3) is 5.91 Å². The SMILES string of the molecule is O=C(O)c1ccc(NCCN2C(=O)/C(=C/c3cc(-c4cc(C(F)(F)F)cc(C(F)(F)F)c4)cs3)SC2=S)cc1. The molecule has 2 heterocycles. The maximum Gasteiger partial charge on any atom is 0.416 e. The Kier molecular flexibility index (Phi) is 8.09. The van der Waals surface area contributed by atoms with Gasteiger partial charge in [-0.05, 0) is 71.1 Å². The number of halogens is 6. The third-order valence-corrected chi connectivity index (χ3v) is 7.74. The zero-order valence-corrected chi connectivity index (χ0v) is 21.8. The van der Waals surface area contributed by atoms with Crippen molar-refractivity contribution in [2.24, 2.45) is 0 Å². The summed E-state index contributed by atoms with van der Waals surface area (Å²) < 4.78 is 79.6. The number of hydrogen-bond donors (Lipinski definition) is 2. The fraction of sp³-hybridized carbons (Fsp3) is 0.160. The number of hydrogen-bond acceptors (Lipinski definition) is 6. The zero-order valence-electron chi connectivity index (χ0n) is 19.4. The monoisotopic (exact) mass is 602 g/mol. The second-order valence-corrected chi connectivity index (χ2v) is 10.8. The van der Waals surface area contributed by atoms with Crippen molar-refractivity contribution in [1.82, 2.24) is 4.90 Å². The molecule has 0 unspecified atom stereocenters. The first-order valence-electron chi connectivity index (χ1n) is 10.9. The van der Waals surface area contributed by atoms with E-state index in [-0.39, 0.29) is 40.1 Å². The van der Waals surface area contributed by atoms with Crippen LogP contribution in [0.15, 0.2) is 58.8 Å². The maximum absolute atomic E-state index is 13.2. The number of thiocarbonyl (C=S) groups is 1. The van der Waals surface area contributed by atoms with Gasteiger partial charge < -0.3 is 10.4 Å². The molecule has 1 aromatic heterocycles. The number of thiophene rings is 1. The van der Waals surface area contributed by atoms with Crippen molar-refractivity contribution < 1.29 is 41.0 Å². The van der Waals surface area contributed by atoms with Crippen LogP contribution in [0.1, 0.15) is 26.4 Å². The highest BCUT2D eigenvalue weighted by Crippen LogP contribution is 2.40. The van der Waals surface area contributed by atoms with Crippen molar-refractivity contribution in [3.05, 3.63) is 80.4 Å². The van der Waals surface area contributed by atoms with E-state index in [0.717, 1.165) is 23.1 Å². The lowest BCUT2D eigenvalue weighted by Crippen LogP contribution is -2.32.